The van der Waals surface area contributed by atoms with Crippen LogP contribution in [0.1, 0.15) is 44.9 Å². The summed E-state index contributed by atoms with van der Waals surface area (Å²) in [6, 6.07) is 20.8. The molecule has 0 spiro atoms. The molecule has 3 heterocycles. The van der Waals surface area contributed by atoms with Crippen LogP contribution in [0.2, 0.25) is 0 Å². The van der Waals surface area contributed by atoms with Crippen molar-refractivity contribution in [1.82, 2.24) is 10.3 Å². The minimum Gasteiger partial charge on any atom is -0.490 e. The molecule has 3 unspecified atom stereocenters. The predicted octanol–water partition coefficient (Wildman–Crippen LogP) is 5.67. The van der Waals surface area contributed by atoms with Crippen molar-refractivity contribution in [3.05, 3.63) is 73.1 Å². The van der Waals surface area contributed by atoms with Gasteiger partial charge in [-0.1, -0.05) is 12.1 Å². The minimum absolute atomic E-state index is 0.0918. The normalized spacial score (nSPS) is 29.3. The largest absolute Gasteiger partial charge is 0.490 e. The van der Waals surface area contributed by atoms with E-state index >= 15 is 0 Å². The zero-order valence-electron chi connectivity index (χ0n) is 25.1. The van der Waals surface area contributed by atoms with Gasteiger partial charge in [-0.2, -0.15) is 0 Å². The second kappa shape index (κ2) is 11.2. The molecular weight excluding hydrogens is 554 g/mol. The summed E-state index contributed by atoms with van der Waals surface area (Å²) < 4.78 is 6.15. The van der Waals surface area contributed by atoms with E-state index in [-0.39, 0.29) is 12.1 Å². The van der Waals surface area contributed by atoms with Crippen LogP contribution in [-0.2, 0) is 4.84 Å². The second-order valence-electron chi connectivity index (χ2n) is 13.5. The number of nitrogens with zero attached hydrogens (tertiary/aromatic N) is 4. The molecule has 9 heteroatoms. The smallest absolute Gasteiger partial charge is 0.431 e. The minimum atomic E-state index is -0.515. The number of aromatic nitrogens is 1. The molecule has 1 saturated heterocycles. The fourth-order valence-electron chi connectivity index (χ4n) is 8.86. The quantitative estimate of drug-likeness (QED) is 0.377. The number of amides is 1. The number of ether oxygens (including phenoxy) is 1. The number of pyridine rings is 1. The maximum Gasteiger partial charge on any atom is 0.431 e. The predicted molar refractivity (Wildman–Crippen MR) is 169 cm³/mol. The Morgan fingerprint density at radius 2 is 1.52 bits per heavy atom. The van der Waals surface area contributed by atoms with Crippen molar-refractivity contribution in [3.8, 4) is 5.75 Å². The summed E-state index contributed by atoms with van der Waals surface area (Å²) in [5.41, 5.74) is 3.73. The number of hydroxylamine groups is 1. The maximum absolute atomic E-state index is 13.2. The maximum atomic E-state index is 13.2. The third kappa shape index (κ3) is 5.31. The van der Waals surface area contributed by atoms with Crippen LogP contribution < -0.4 is 24.9 Å². The van der Waals surface area contributed by atoms with Gasteiger partial charge in [0, 0.05) is 62.3 Å². The van der Waals surface area contributed by atoms with E-state index in [4.69, 9.17) is 9.57 Å². The Labute approximate surface area is 258 Å². The zero-order valence-corrected chi connectivity index (χ0v) is 25.1. The average molecular weight is 596 g/mol. The summed E-state index contributed by atoms with van der Waals surface area (Å²) in [6.07, 6.45) is 10.1. The molecule has 0 radical (unpaired) electrons. The average Bonchev–Trinajstić information content (AvgIpc) is 3.03. The molecule has 6 aliphatic rings. The van der Waals surface area contributed by atoms with Crippen LogP contribution >= 0.6 is 0 Å². The molecule has 5 fully saturated rings. The lowest BCUT2D eigenvalue weighted by molar-refractivity contribution is -0.137. The van der Waals surface area contributed by atoms with Gasteiger partial charge in [0.05, 0.1) is 23.5 Å². The first-order valence-electron chi connectivity index (χ1n) is 16.3. The van der Waals surface area contributed by atoms with Crippen molar-refractivity contribution in [3.63, 3.8) is 0 Å². The van der Waals surface area contributed by atoms with Crippen LogP contribution in [0, 0.1) is 17.8 Å². The highest BCUT2D eigenvalue weighted by atomic mass is 16.7. The number of carbonyl (C=O) groups is 1. The molecule has 4 bridgehead atoms. The summed E-state index contributed by atoms with van der Waals surface area (Å²) in [7, 11) is 0. The van der Waals surface area contributed by atoms with Crippen LogP contribution in [0.5, 0.6) is 5.75 Å². The molecule has 4 saturated carbocycles. The molecule has 230 valence electrons. The van der Waals surface area contributed by atoms with Crippen LogP contribution in [0.25, 0.3) is 0 Å². The summed E-state index contributed by atoms with van der Waals surface area (Å²) in [4.78, 5) is 27.9. The van der Waals surface area contributed by atoms with Gasteiger partial charge >= 0.3 is 6.09 Å². The third-order valence-corrected chi connectivity index (χ3v) is 10.6. The number of hydrogen-bond donors (Lipinski definition) is 2. The molecule has 1 amide bonds. The lowest BCUT2D eigenvalue weighted by atomic mass is 9.52. The van der Waals surface area contributed by atoms with Crippen molar-refractivity contribution >= 4 is 28.8 Å². The summed E-state index contributed by atoms with van der Waals surface area (Å²) in [6.45, 7) is 3.18. The van der Waals surface area contributed by atoms with E-state index < -0.39 is 11.7 Å². The number of carbonyl (C=O) groups excluding carboxylic acids is 1. The van der Waals surface area contributed by atoms with E-state index in [1.807, 2.05) is 30.3 Å². The highest BCUT2D eigenvalue weighted by molar-refractivity contribution is 5.80. The number of rotatable bonds is 6. The van der Waals surface area contributed by atoms with Crippen molar-refractivity contribution < 1.29 is 19.5 Å². The van der Waals surface area contributed by atoms with E-state index in [1.54, 1.807) is 17.5 Å². The van der Waals surface area contributed by atoms with Crippen molar-refractivity contribution in [2.24, 2.45) is 17.8 Å². The van der Waals surface area contributed by atoms with Gasteiger partial charge in [-0.05, 0) is 98.4 Å². The van der Waals surface area contributed by atoms with E-state index in [1.165, 1.54) is 5.69 Å². The van der Waals surface area contributed by atoms with Crippen molar-refractivity contribution in [1.29, 1.82) is 0 Å². The Hall–Kier alpha value is -3.98. The van der Waals surface area contributed by atoms with Gasteiger partial charge in [-0.3, -0.25) is 4.98 Å². The molecule has 4 aliphatic carbocycles. The molecule has 9 nitrogen and oxygen atoms in total. The van der Waals surface area contributed by atoms with E-state index in [2.05, 4.69) is 50.4 Å². The monoisotopic (exact) mass is 595 g/mol. The van der Waals surface area contributed by atoms with Gasteiger partial charge in [-0.15, -0.1) is 0 Å². The Bertz CT molecular complexity index is 1460. The van der Waals surface area contributed by atoms with Crippen LogP contribution in [-0.4, -0.2) is 60.1 Å². The molecule has 2 N–H and O–H groups in total. The Morgan fingerprint density at radius 3 is 2.23 bits per heavy atom. The van der Waals surface area contributed by atoms with E-state index in [0.717, 1.165) is 80.8 Å². The number of anilines is 4. The molecule has 3 aromatic rings. The Morgan fingerprint density at radius 1 is 0.841 bits per heavy atom. The molecule has 44 heavy (non-hydrogen) atoms. The van der Waals surface area contributed by atoms with Crippen LogP contribution in [0.15, 0.2) is 73.1 Å². The molecule has 2 aliphatic heterocycles. The third-order valence-electron chi connectivity index (χ3n) is 10.6. The lowest BCUT2D eigenvalue weighted by Crippen LogP contribution is -2.62. The number of para-hydroxylation sites is 2. The number of benzene rings is 2. The van der Waals surface area contributed by atoms with E-state index in [0.29, 0.717) is 30.8 Å². The zero-order chi connectivity index (χ0) is 29.7. The van der Waals surface area contributed by atoms with Crippen LogP contribution in [0.3, 0.4) is 0 Å². The molecule has 2 aromatic carbocycles. The van der Waals surface area contributed by atoms with Gasteiger partial charge < -0.3 is 29.8 Å². The lowest BCUT2D eigenvalue weighted by Gasteiger charge is -2.57. The Kier molecular flexibility index (Phi) is 7.00. The number of hydrogen-bond acceptors (Lipinski definition) is 8. The first-order valence-corrected chi connectivity index (χ1v) is 16.3. The summed E-state index contributed by atoms with van der Waals surface area (Å²) >= 11 is 0. The van der Waals surface area contributed by atoms with Crippen molar-refractivity contribution in [2.75, 3.05) is 41.0 Å². The molecule has 5 atom stereocenters. The number of nitrogens with one attached hydrogen (secondary N) is 1. The Balaban J connectivity index is 0.895. The highest BCUT2D eigenvalue weighted by Gasteiger charge is 2.55. The molecule has 9 rings (SSSR count). The fraction of sp³-hybridized carbons (Fsp3) is 0.486. The SMILES string of the molecule is O=C(NC1[C@@H]2CC3C[C@H]1CC(O)(C3)C2)ON1CCN(c2ccc(N3CCC(Oc4ccncc4)CC3)cc2)c2ccccc21. The number of fused-ring (bicyclic) bond motifs is 1. The topological polar surface area (TPSA) is 90.4 Å². The molecular formula is C35H41N5O4. The van der Waals surface area contributed by atoms with Gasteiger partial charge in [0.1, 0.15) is 11.9 Å². The number of aliphatic hydroxyl groups is 1. The first-order chi connectivity index (χ1) is 21.5. The fourth-order valence-corrected chi connectivity index (χ4v) is 8.86. The summed E-state index contributed by atoms with van der Waals surface area (Å²) in [5, 5.41) is 15.9. The highest BCUT2D eigenvalue weighted by Crippen LogP contribution is 2.55. The first kappa shape index (κ1) is 27.6. The summed E-state index contributed by atoms with van der Waals surface area (Å²) in [5.74, 6) is 2.18. The van der Waals surface area contributed by atoms with Gasteiger partial charge in [-0.25, -0.2) is 9.86 Å². The standard InChI is InChI=1S/C35H41N5O4/c41-34(37-33-25-19-24-20-26(33)23-35(42,21-24)22-25)44-40-18-17-39(31-3-1-2-4-32(31)40)28-7-5-27(6-8-28)38-15-11-30(12-16-38)43-29-9-13-36-14-10-29/h1-10,13-14,24-26,30,33,42H,11-12,15-23H2,(H,37,41)/t24?,25-,26+,33?,35?. The second-order valence-corrected chi connectivity index (χ2v) is 13.5. The van der Waals surface area contributed by atoms with Crippen molar-refractivity contribution in [2.45, 2.75) is 62.7 Å². The van der Waals surface area contributed by atoms with Gasteiger partial charge in [0.2, 0.25) is 0 Å². The van der Waals surface area contributed by atoms with Gasteiger partial charge in [0.15, 0.2) is 0 Å². The van der Waals surface area contributed by atoms with E-state index in [9.17, 15) is 9.90 Å². The van der Waals surface area contributed by atoms with Crippen LogP contribution in [0.4, 0.5) is 27.5 Å². The molecule has 1 aromatic heterocycles. The number of piperidine rings is 1. The van der Waals surface area contributed by atoms with Gasteiger partial charge in [0.25, 0.3) is 0 Å².